The Bertz CT molecular complexity index is 1280. The number of piperidine rings is 1. The third-order valence-electron chi connectivity index (χ3n) is 9.49. The summed E-state index contributed by atoms with van der Waals surface area (Å²) in [6.45, 7) is 4.29. The van der Waals surface area contributed by atoms with Crippen LogP contribution in [0, 0.1) is 17.8 Å². The van der Waals surface area contributed by atoms with Gasteiger partial charge >= 0.3 is 18.3 Å². The van der Waals surface area contributed by atoms with Crippen molar-refractivity contribution in [3.8, 4) is 5.75 Å². The van der Waals surface area contributed by atoms with Gasteiger partial charge in [-0.05, 0) is 124 Å². The number of nitrogens with zero attached hydrogens (tertiary/aromatic N) is 1. The lowest BCUT2D eigenvalue weighted by Crippen LogP contribution is -2.38. The smallest absolute Gasteiger partial charge is 0.416 e. The first-order chi connectivity index (χ1) is 19.7. The van der Waals surface area contributed by atoms with Crippen LogP contribution in [0.1, 0.15) is 92.1 Å². The molecule has 2 fully saturated rings. The molecule has 1 aliphatic carbocycles. The van der Waals surface area contributed by atoms with Gasteiger partial charge in [0.2, 0.25) is 0 Å². The minimum Gasteiger partial charge on any atom is -0.490 e. The quantitative estimate of drug-likeness (QED) is 0.310. The number of hydrogen-bond donors (Lipinski definition) is 1. The predicted octanol–water partition coefficient (Wildman–Crippen LogP) is 8.50. The second-order valence-corrected chi connectivity index (χ2v) is 12.3. The molecule has 0 radical (unpaired) electrons. The predicted molar refractivity (Wildman–Crippen MR) is 145 cm³/mol. The second-order valence-electron chi connectivity index (χ2n) is 12.3. The molecule has 1 saturated heterocycles. The SMILES string of the molecule is C[C@H](C(=O)O)C(c1ccc2c(c1)OC(CC1CCN([C@H](C)c3cc(C(F)(F)F)ccc3C(F)(F)F)CC1)CC2)C1CC1. The maximum absolute atomic E-state index is 13.7. The summed E-state index contributed by atoms with van der Waals surface area (Å²) in [5.41, 5.74) is -0.341. The average molecular weight is 598 g/mol. The van der Waals surface area contributed by atoms with E-state index in [-0.39, 0.29) is 23.5 Å². The molecule has 1 N–H and O–H groups in total. The maximum Gasteiger partial charge on any atom is 0.416 e. The molecular weight excluding hydrogens is 560 g/mol. The average Bonchev–Trinajstić information content (AvgIpc) is 3.77. The summed E-state index contributed by atoms with van der Waals surface area (Å²) in [5, 5.41) is 9.63. The van der Waals surface area contributed by atoms with Gasteiger partial charge in [-0.2, -0.15) is 26.3 Å². The first-order valence-corrected chi connectivity index (χ1v) is 14.8. The highest BCUT2D eigenvalue weighted by Crippen LogP contribution is 2.48. The molecule has 10 heteroatoms. The highest BCUT2D eigenvalue weighted by Gasteiger charge is 2.41. The summed E-state index contributed by atoms with van der Waals surface area (Å²) in [6, 6.07) is 6.97. The first-order valence-electron chi connectivity index (χ1n) is 14.8. The fraction of sp³-hybridized carbons (Fsp3) is 0.594. The van der Waals surface area contributed by atoms with Gasteiger partial charge in [-0.25, -0.2) is 0 Å². The monoisotopic (exact) mass is 597 g/mol. The molecular formula is C32H37F6NO3. The molecule has 2 heterocycles. The number of aryl methyl sites for hydroxylation is 1. The van der Waals surface area contributed by atoms with Crippen molar-refractivity contribution >= 4 is 5.97 Å². The zero-order chi connectivity index (χ0) is 30.4. The Hall–Kier alpha value is -2.75. The van der Waals surface area contributed by atoms with Gasteiger partial charge in [-0.3, -0.25) is 9.69 Å². The zero-order valence-electron chi connectivity index (χ0n) is 23.8. The van der Waals surface area contributed by atoms with Crippen molar-refractivity contribution in [1.82, 2.24) is 4.90 Å². The van der Waals surface area contributed by atoms with E-state index >= 15 is 0 Å². The van der Waals surface area contributed by atoms with E-state index in [2.05, 4.69) is 0 Å². The molecule has 42 heavy (non-hydrogen) atoms. The third-order valence-corrected chi connectivity index (χ3v) is 9.49. The summed E-state index contributed by atoms with van der Waals surface area (Å²) in [4.78, 5) is 13.6. The standard InChI is InChI=1S/C32H37F6NO3/c1-18(30(40)41)29(22-4-5-22)23-6-3-21-7-9-25(42-28(21)16-23)15-20-11-13-39(14-12-20)19(2)26-17-24(31(33,34)35)8-10-27(26)32(36,37)38/h3,6,8,10,16-20,22,25,29H,4-5,7,9,11-15H2,1-2H3,(H,40,41)/t18-,19+,25?,29?/m0/s1. The van der Waals surface area contributed by atoms with E-state index in [0.717, 1.165) is 61.8 Å². The van der Waals surface area contributed by atoms with Crippen molar-refractivity contribution < 1.29 is 41.0 Å². The fourth-order valence-electron chi connectivity index (χ4n) is 6.88. The third kappa shape index (κ3) is 6.74. The molecule has 5 rings (SSSR count). The van der Waals surface area contributed by atoms with Crippen LogP contribution in [0.15, 0.2) is 36.4 Å². The summed E-state index contributed by atoms with van der Waals surface area (Å²) < 4.78 is 87.4. The molecule has 230 valence electrons. The van der Waals surface area contributed by atoms with Crippen LogP contribution in [0.2, 0.25) is 0 Å². The zero-order valence-corrected chi connectivity index (χ0v) is 23.8. The Kier molecular flexibility index (Phi) is 8.58. The van der Waals surface area contributed by atoms with Crippen LogP contribution < -0.4 is 4.74 Å². The van der Waals surface area contributed by atoms with Gasteiger partial charge in [-0.15, -0.1) is 0 Å². The molecule has 4 atom stereocenters. The summed E-state index contributed by atoms with van der Waals surface area (Å²) in [5.74, 6) is 0.153. The lowest BCUT2D eigenvalue weighted by molar-refractivity contribution is -0.142. The molecule has 1 saturated carbocycles. The van der Waals surface area contributed by atoms with Crippen LogP contribution in [-0.4, -0.2) is 35.2 Å². The number of benzene rings is 2. The molecule has 0 bridgehead atoms. The lowest BCUT2D eigenvalue weighted by Gasteiger charge is -2.38. The normalized spacial score (nSPS) is 22.6. The van der Waals surface area contributed by atoms with E-state index in [1.165, 1.54) is 0 Å². The highest BCUT2D eigenvalue weighted by atomic mass is 19.4. The Morgan fingerprint density at radius 2 is 1.64 bits per heavy atom. The Labute approximate surface area is 242 Å². The Morgan fingerprint density at radius 1 is 0.952 bits per heavy atom. The van der Waals surface area contributed by atoms with Crippen molar-refractivity contribution in [2.75, 3.05) is 13.1 Å². The molecule has 2 aromatic carbocycles. The van der Waals surface area contributed by atoms with Gasteiger partial charge in [0, 0.05) is 6.04 Å². The largest absolute Gasteiger partial charge is 0.490 e. The van der Waals surface area contributed by atoms with Crippen LogP contribution in [0.5, 0.6) is 5.75 Å². The Balaban J connectivity index is 1.22. The number of aliphatic carboxylic acids is 1. The van der Waals surface area contributed by atoms with Gasteiger partial charge in [0.15, 0.2) is 0 Å². The number of alkyl halides is 6. The van der Waals surface area contributed by atoms with Crippen LogP contribution in [0.4, 0.5) is 26.3 Å². The minimum atomic E-state index is -4.75. The van der Waals surface area contributed by atoms with E-state index in [9.17, 15) is 36.2 Å². The van der Waals surface area contributed by atoms with Crippen molar-refractivity contribution in [3.63, 3.8) is 0 Å². The van der Waals surface area contributed by atoms with E-state index < -0.39 is 41.4 Å². The van der Waals surface area contributed by atoms with Gasteiger partial charge in [-0.1, -0.05) is 19.1 Å². The molecule has 0 aromatic heterocycles. The summed E-state index contributed by atoms with van der Waals surface area (Å²) in [7, 11) is 0. The summed E-state index contributed by atoms with van der Waals surface area (Å²) in [6.07, 6.45) is -3.48. The highest BCUT2D eigenvalue weighted by molar-refractivity contribution is 5.71. The number of ether oxygens (including phenoxy) is 1. The number of fused-ring (bicyclic) bond motifs is 1. The molecule has 0 spiro atoms. The first kappa shape index (κ1) is 30.7. The van der Waals surface area contributed by atoms with Crippen LogP contribution in [0.25, 0.3) is 0 Å². The molecule has 2 unspecified atom stereocenters. The summed E-state index contributed by atoms with van der Waals surface area (Å²) >= 11 is 0. The van der Waals surface area contributed by atoms with Gasteiger partial charge in [0.25, 0.3) is 0 Å². The van der Waals surface area contributed by atoms with Crippen molar-refractivity contribution in [2.45, 2.75) is 89.2 Å². The molecule has 2 aromatic rings. The number of carboxylic acids is 1. The molecule has 2 aliphatic heterocycles. The van der Waals surface area contributed by atoms with E-state index in [0.29, 0.717) is 37.2 Å². The van der Waals surface area contributed by atoms with Crippen LogP contribution in [-0.2, 0) is 23.6 Å². The molecule has 0 amide bonds. The number of likely N-dealkylation sites (tertiary alicyclic amines) is 1. The number of carboxylic acid groups (broad SMARTS) is 1. The number of carbonyl (C=O) groups is 1. The van der Waals surface area contributed by atoms with Crippen molar-refractivity contribution in [3.05, 3.63) is 64.2 Å². The van der Waals surface area contributed by atoms with Gasteiger partial charge in [0.1, 0.15) is 5.75 Å². The van der Waals surface area contributed by atoms with E-state index in [1.54, 1.807) is 13.8 Å². The molecule has 3 aliphatic rings. The van der Waals surface area contributed by atoms with E-state index in [1.807, 2.05) is 23.1 Å². The number of hydrogen-bond acceptors (Lipinski definition) is 3. The Morgan fingerprint density at radius 3 is 2.24 bits per heavy atom. The topological polar surface area (TPSA) is 49.8 Å². The van der Waals surface area contributed by atoms with Gasteiger partial charge < -0.3 is 9.84 Å². The molecule has 4 nitrogen and oxygen atoms in total. The minimum absolute atomic E-state index is 0.0155. The number of rotatable bonds is 8. The van der Waals surface area contributed by atoms with E-state index in [4.69, 9.17) is 4.74 Å². The number of halogens is 6. The van der Waals surface area contributed by atoms with Crippen molar-refractivity contribution in [2.24, 2.45) is 17.8 Å². The second kappa shape index (κ2) is 11.7. The van der Waals surface area contributed by atoms with Crippen LogP contribution >= 0.6 is 0 Å². The van der Waals surface area contributed by atoms with Crippen LogP contribution in [0.3, 0.4) is 0 Å². The maximum atomic E-state index is 13.7. The van der Waals surface area contributed by atoms with Crippen molar-refractivity contribution in [1.29, 1.82) is 0 Å². The van der Waals surface area contributed by atoms with Gasteiger partial charge in [0.05, 0.1) is 23.1 Å². The fourth-order valence-corrected chi connectivity index (χ4v) is 6.88. The lowest BCUT2D eigenvalue weighted by atomic mass is 9.82.